The van der Waals surface area contributed by atoms with E-state index in [1.807, 2.05) is 5.48 Å². The Morgan fingerprint density at radius 2 is 1.91 bits per heavy atom. The number of hydrogen-bond donors (Lipinski definition) is 3. The average molecular weight is 158 g/mol. The van der Waals surface area contributed by atoms with Crippen molar-refractivity contribution in [1.29, 1.82) is 0 Å². The highest BCUT2D eigenvalue weighted by Gasteiger charge is 2.37. The second-order valence-corrected chi connectivity index (χ2v) is 3.12. The van der Waals surface area contributed by atoms with E-state index in [0.29, 0.717) is 12.8 Å². The first-order valence-corrected chi connectivity index (χ1v) is 3.92. The van der Waals surface area contributed by atoms with Crippen LogP contribution in [0.25, 0.3) is 0 Å². The van der Waals surface area contributed by atoms with Crippen molar-refractivity contribution >= 4 is 5.91 Å². The summed E-state index contributed by atoms with van der Waals surface area (Å²) >= 11 is 0. The summed E-state index contributed by atoms with van der Waals surface area (Å²) in [5, 5.41) is 8.76. The van der Waals surface area contributed by atoms with Gasteiger partial charge in [-0.2, -0.15) is 5.48 Å². The zero-order valence-corrected chi connectivity index (χ0v) is 6.47. The summed E-state index contributed by atoms with van der Waals surface area (Å²) in [6.07, 6.45) is 4.33. The second kappa shape index (κ2) is 3.19. The maximum atomic E-state index is 10.9. The van der Waals surface area contributed by atoms with Crippen molar-refractivity contribution in [3.8, 4) is 0 Å². The molecule has 1 saturated carbocycles. The molecule has 0 bridgehead atoms. The van der Waals surface area contributed by atoms with Gasteiger partial charge in [-0.1, -0.05) is 19.3 Å². The van der Waals surface area contributed by atoms with E-state index in [0.717, 1.165) is 19.3 Å². The molecular formula is C7H14N2O2. The number of hydrogen-bond acceptors (Lipinski definition) is 3. The highest BCUT2D eigenvalue weighted by Crippen LogP contribution is 2.27. The van der Waals surface area contributed by atoms with Gasteiger partial charge in [0.15, 0.2) is 0 Å². The van der Waals surface area contributed by atoms with Gasteiger partial charge in [0.05, 0.1) is 0 Å². The average Bonchev–Trinajstić information content (AvgIpc) is 2.05. The molecular weight excluding hydrogens is 144 g/mol. The number of nitrogens with two attached hydrogens (primary N) is 1. The van der Waals surface area contributed by atoms with E-state index in [2.05, 4.69) is 0 Å². The van der Waals surface area contributed by atoms with Gasteiger partial charge in [-0.05, 0) is 12.8 Å². The largest absolute Gasteiger partial charge is 0.368 e. The van der Waals surface area contributed by atoms with Crippen molar-refractivity contribution in [3.05, 3.63) is 0 Å². The van der Waals surface area contributed by atoms with Crippen molar-refractivity contribution in [2.75, 3.05) is 0 Å². The Morgan fingerprint density at radius 3 is 2.18 bits per heavy atom. The predicted molar refractivity (Wildman–Crippen MR) is 39.9 cm³/mol. The molecule has 0 saturated heterocycles. The number of nitrogens with one attached hydrogen (secondary N) is 1. The molecule has 0 atom stereocenters. The van der Waals surface area contributed by atoms with Crippen molar-refractivity contribution in [2.24, 2.45) is 5.73 Å². The number of amides is 1. The van der Waals surface area contributed by atoms with Gasteiger partial charge in [0.1, 0.15) is 5.54 Å². The van der Waals surface area contributed by atoms with Crippen molar-refractivity contribution in [3.63, 3.8) is 0 Å². The normalized spacial score (nSPS) is 23.0. The molecule has 0 aliphatic heterocycles. The van der Waals surface area contributed by atoms with Crippen LogP contribution in [0.5, 0.6) is 0 Å². The van der Waals surface area contributed by atoms with Crippen LogP contribution < -0.4 is 11.2 Å². The maximum absolute atomic E-state index is 10.9. The smallest absolute Gasteiger partial charge is 0.240 e. The zero-order chi connectivity index (χ0) is 8.32. The molecule has 11 heavy (non-hydrogen) atoms. The van der Waals surface area contributed by atoms with Crippen LogP contribution in [0.1, 0.15) is 32.1 Å². The fourth-order valence-electron chi connectivity index (χ4n) is 1.57. The third-order valence-corrected chi connectivity index (χ3v) is 2.39. The molecule has 1 fully saturated rings. The minimum atomic E-state index is -0.835. The first kappa shape index (κ1) is 8.49. The van der Waals surface area contributed by atoms with Crippen LogP contribution in [-0.4, -0.2) is 16.7 Å². The van der Waals surface area contributed by atoms with Crippen molar-refractivity contribution < 1.29 is 10.0 Å². The topological polar surface area (TPSA) is 75.4 Å². The lowest BCUT2D eigenvalue weighted by Gasteiger charge is -2.32. The third kappa shape index (κ3) is 1.52. The Bertz CT molecular complexity index is 153. The van der Waals surface area contributed by atoms with Gasteiger partial charge in [0.2, 0.25) is 5.91 Å². The van der Waals surface area contributed by atoms with Crippen LogP contribution in [0, 0.1) is 0 Å². The molecule has 0 unspecified atom stereocenters. The van der Waals surface area contributed by atoms with E-state index in [1.54, 1.807) is 0 Å². The Hall–Kier alpha value is -0.610. The molecule has 1 aliphatic rings. The Balaban J connectivity index is 2.64. The quantitative estimate of drug-likeness (QED) is 0.501. The standard InChI is InChI=1S/C7H14N2O2/c8-6(10)7(9-11)4-2-1-3-5-7/h9,11H,1-5H2,(H2,8,10). The van der Waals surface area contributed by atoms with Crippen LogP contribution >= 0.6 is 0 Å². The van der Waals surface area contributed by atoms with E-state index in [1.165, 1.54) is 0 Å². The second-order valence-electron chi connectivity index (χ2n) is 3.12. The molecule has 4 N–H and O–H groups in total. The van der Waals surface area contributed by atoms with E-state index in [9.17, 15) is 4.79 Å². The lowest BCUT2D eigenvalue weighted by molar-refractivity contribution is -0.130. The molecule has 4 nitrogen and oxygen atoms in total. The molecule has 0 radical (unpaired) electrons. The molecule has 0 aromatic rings. The molecule has 64 valence electrons. The number of carbonyl (C=O) groups excluding carboxylic acids is 1. The summed E-state index contributed by atoms with van der Waals surface area (Å²) < 4.78 is 0. The van der Waals surface area contributed by atoms with Crippen LogP contribution in [0.4, 0.5) is 0 Å². The SMILES string of the molecule is NC(=O)C1(NO)CCCCC1. The van der Waals surface area contributed by atoms with Crippen LogP contribution in [-0.2, 0) is 4.79 Å². The minimum Gasteiger partial charge on any atom is -0.368 e. The van der Waals surface area contributed by atoms with E-state index in [4.69, 9.17) is 10.9 Å². The molecule has 0 aromatic heterocycles. The monoisotopic (exact) mass is 158 g/mol. The summed E-state index contributed by atoms with van der Waals surface area (Å²) in [7, 11) is 0. The predicted octanol–water partition coefficient (Wildman–Crippen LogP) is 0.153. The van der Waals surface area contributed by atoms with Crippen LogP contribution in [0.2, 0.25) is 0 Å². The molecule has 0 spiro atoms. The number of carbonyl (C=O) groups is 1. The molecule has 1 amide bonds. The Morgan fingerprint density at radius 1 is 1.36 bits per heavy atom. The summed E-state index contributed by atoms with van der Waals surface area (Å²) in [6, 6.07) is 0. The number of rotatable bonds is 2. The van der Waals surface area contributed by atoms with Gasteiger partial charge >= 0.3 is 0 Å². The van der Waals surface area contributed by atoms with Crippen LogP contribution in [0.15, 0.2) is 0 Å². The van der Waals surface area contributed by atoms with Gasteiger partial charge in [-0.25, -0.2) is 0 Å². The van der Waals surface area contributed by atoms with Gasteiger partial charge in [0.25, 0.3) is 0 Å². The fourth-order valence-corrected chi connectivity index (χ4v) is 1.57. The summed E-state index contributed by atoms with van der Waals surface area (Å²) in [6.45, 7) is 0. The highest BCUT2D eigenvalue weighted by atomic mass is 16.5. The lowest BCUT2D eigenvalue weighted by atomic mass is 9.82. The lowest BCUT2D eigenvalue weighted by Crippen LogP contribution is -2.55. The summed E-state index contributed by atoms with van der Waals surface area (Å²) in [5.41, 5.74) is 6.36. The Labute approximate surface area is 65.7 Å². The minimum absolute atomic E-state index is 0.445. The first-order chi connectivity index (χ1) is 5.21. The van der Waals surface area contributed by atoms with E-state index >= 15 is 0 Å². The summed E-state index contributed by atoms with van der Waals surface area (Å²) in [5.74, 6) is -0.445. The third-order valence-electron chi connectivity index (χ3n) is 2.39. The zero-order valence-electron chi connectivity index (χ0n) is 6.47. The fraction of sp³-hybridized carbons (Fsp3) is 0.857. The Kier molecular flexibility index (Phi) is 2.46. The van der Waals surface area contributed by atoms with Crippen LogP contribution in [0.3, 0.4) is 0 Å². The van der Waals surface area contributed by atoms with Gasteiger partial charge in [-0.15, -0.1) is 0 Å². The maximum Gasteiger partial charge on any atom is 0.240 e. The highest BCUT2D eigenvalue weighted by molar-refractivity contribution is 5.84. The van der Waals surface area contributed by atoms with Gasteiger partial charge in [-0.3, -0.25) is 4.79 Å². The van der Waals surface area contributed by atoms with E-state index < -0.39 is 11.4 Å². The molecule has 1 rings (SSSR count). The van der Waals surface area contributed by atoms with Crippen molar-refractivity contribution in [2.45, 2.75) is 37.6 Å². The van der Waals surface area contributed by atoms with Gasteiger partial charge < -0.3 is 10.9 Å². The molecule has 0 heterocycles. The van der Waals surface area contributed by atoms with E-state index in [-0.39, 0.29) is 0 Å². The van der Waals surface area contributed by atoms with Gasteiger partial charge in [0, 0.05) is 0 Å². The van der Waals surface area contributed by atoms with Crippen molar-refractivity contribution in [1.82, 2.24) is 5.48 Å². The first-order valence-electron chi connectivity index (χ1n) is 3.92. The number of hydroxylamine groups is 1. The molecule has 0 aromatic carbocycles. The summed E-state index contributed by atoms with van der Waals surface area (Å²) in [4.78, 5) is 10.9. The number of primary amides is 1. The molecule has 1 aliphatic carbocycles. The molecule has 4 heteroatoms.